The molecule has 2 N–H and O–H groups in total. The first-order chi connectivity index (χ1) is 12.0. The molecule has 0 saturated carbocycles. The molecule has 25 heavy (non-hydrogen) atoms. The minimum absolute atomic E-state index is 0.0524. The molecule has 0 bridgehead atoms. The lowest BCUT2D eigenvalue weighted by atomic mass is 10.1. The molecule has 0 fully saturated rings. The Kier molecular flexibility index (Phi) is 6.11. The van der Waals surface area contributed by atoms with E-state index in [1.807, 2.05) is 6.92 Å². The summed E-state index contributed by atoms with van der Waals surface area (Å²) >= 11 is 0. The number of aryl methyl sites for hydroxylation is 1. The van der Waals surface area contributed by atoms with Gasteiger partial charge in [0.15, 0.2) is 0 Å². The second-order valence-corrected chi connectivity index (χ2v) is 5.40. The number of amides is 1. The van der Waals surface area contributed by atoms with Gasteiger partial charge in [-0.2, -0.15) is 0 Å². The molecule has 6 nitrogen and oxygen atoms in total. The third kappa shape index (κ3) is 4.15. The number of ether oxygens (including phenoxy) is 3. The molecule has 0 aromatic heterocycles. The van der Waals surface area contributed by atoms with Gasteiger partial charge in [0.25, 0.3) is 5.91 Å². The molecule has 6 heteroatoms. The van der Waals surface area contributed by atoms with Gasteiger partial charge in [0.05, 0.1) is 39.0 Å². The number of hydrogen-bond donors (Lipinski definition) is 2. The molecule has 2 rings (SSSR count). The lowest BCUT2D eigenvalue weighted by Crippen LogP contribution is -2.23. The Morgan fingerprint density at radius 3 is 2.20 bits per heavy atom. The van der Waals surface area contributed by atoms with Gasteiger partial charge in [0.2, 0.25) is 0 Å². The fourth-order valence-corrected chi connectivity index (χ4v) is 2.50. The molecule has 0 heterocycles. The highest BCUT2D eigenvalue weighted by molar-refractivity contribution is 5.97. The molecular formula is C19H23NO5. The standard InChI is InChI=1S/C19H23NO5/c1-5-12-6-7-16(21)14(8-12)19(22)20-11-15-17(24-3)9-13(23-2)10-18(15)25-4/h6-10,21H,5,11H2,1-4H3,(H,20,22). The lowest BCUT2D eigenvalue weighted by Gasteiger charge is -2.16. The first-order valence-electron chi connectivity index (χ1n) is 7.93. The van der Waals surface area contributed by atoms with E-state index in [0.29, 0.717) is 22.8 Å². The van der Waals surface area contributed by atoms with Crippen LogP contribution in [-0.4, -0.2) is 32.3 Å². The van der Waals surface area contributed by atoms with Gasteiger partial charge < -0.3 is 24.6 Å². The number of carbonyl (C=O) groups excluding carboxylic acids is 1. The molecule has 0 radical (unpaired) electrons. The summed E-state index contributed by atoms with van der Waals surface area (Å²) in [6, 6.07) is 8.45. The van der Waals surface area contributed by atoms with Gasteiger partial charge >= 0.3 is 0 Å². The van der Waals surface area contributed by atoms with Gasteiger partial charge in [-0.25, -0.2) is 0 Å². The van der Waals surface area contributed by atoms with E-state index >= 15 is 0 Å². The molecule has 134 valence electrons. The van der Waals surface area contributed by atoms with Crippen molar-refractivity contribution in [3.8, 4) is 23.0 Å². The maximum Gasteiger partial charge on any atom is 0.255 e. The number of nitrogens with one attached hydrogen (secondary N) is 1. The zero-order chi connectivity index (χ0) is 18.4. The van der Waals surface area contributed by atoms with Crippen LogP contribution in [-0.2, 0) is 13.0 Å². The van der Waals surface area contributed by atoms with Crippen molar-refractivity contribution in [1.82, 2.24) is 5.32 Å². The van der Waals surface area contributed by atoms with Crippen molar-refractivity contribution < 1.29 is 24.1 Å². The molecule has 0 aliphatic carbocycles. The largest absolute Gasteiger partial charge is 0.507 e. The van der Waals surface area contributed by atoms with Crippen molar-refractivity contribution in [2.24, 2.45) is 0 Å². The highest BCUT2D eigenvalue weighted by Gasteiger charge is 2.16. The topological polar surface area (TPSA) is 77.0 Å². The molecule has 2 aromatic rings. The van der Waals surface area contributed by atoms with Crippen LogP contribution in [0.25, 0.3) is 0 Å². The zero-order valence-corrected chi connectivity index (χ0v) is 14.9. The minimum atomic E-state index is -0.368. The lowest BCUT2D eigenvalue weighted by molar-refractivity contribution is 0.0947. The van der Waals surface area contributed by atoms with E-state index in [9.17, 15) is 9.90 Å². The number of hydrogen-bond acceptors (Lipinski definition) is 5. The Hall–Kier alpha value is -2.89. The van der Waals surface area contributed by atoms with Crippen LogP contribution >= 0.6 is 0 Å². The molecule has 0 aliphatic heterocycles. The van der Waals surface area contributed by atoms with Crippen molar-refractivity contribution in [3.63, 3.8) is 0 Å². The van der Waals surface area contributed by atoms with E-state index in [4.69, 9.17) is 14.2 Å². The SMILES string of the molecule is CCc1ccc(O)c(C(=O)NCc2c(OC)cc(OC)cc2OC)c1. The van der Waals surface area contributed by atoms with E-state index in [2.05, 4.69) is 5.32 Å². The van der Waals surface area contributed by atoms with E-state index in [1.54, 1.807) is 31.4 Å². The number of aromatic hydroxyl groups is 1. The van der Waals surface area contributed by atoms with E-state index < -0.39 is 0 Å². The van der Waals surface area contributed by atoms with Crippen LogP contribution in [0.1, 0.15) is 28.4 Å². The predicted octanol–water partition coefficient (Wildman–Crippen LogP) is 2.91. The molecule has 0 spiro atoms. The summed E-state index contributed by atoms with van der Waals surface area (Å²) < 4.78 is 15.9. The summed E-state index contributed by atoms with van der Waals surface area (Å²) in [4.78, 5) is 12.5. The molecule has 0 unspecified atom stereocenters. The van der Waals surface area contributed by atoms with Gasteiger partial charge in [-0.3, -0.25) is 4.79 Å². The summed E-state index contributed by atoms with van der Waals surface area (Å²) in [5.41, 5.74) is 1.90. The molecule has 0 aliphatic rings. The van der Waals surface area contributed by atoms with Crippen molar-refractivity contribution >= 4 is 5.91 Å². The Morgan fingerprint density at radius 1 is 1.04 bits per heavy atom. The van der Waals surface area contributed by atoms with Crippen LogP contribution in [0, 0.1) is 0 Å². The van der Waals surface area contributed by atoms with Crippen LogP contribution in [0.2, 0.25) is 0 Å². The van der Waals surface area contributed by atoms with Crippen LogP contribution in [0.3, 0.4) is 0 Å². The van der Waals surface area contributed by atoms with Crippen LogP contribution in [0.15, 0.2) is 30.3 Å². The van der Waals surface area contributed by atoms with Crippen LogP contribution in [0.5, 0.6) is 23.0 Å². The number of benzene rings is 2. The second kappa shape index (κ2) is 8.28. The van der Waals surface area contributed by atoms with Gasteiger partial charge in [-0.05, 0) is 24.1 Å². The Labute approximate surface area is 147 Å². The molecule has 2 aromatic carbocycles. The highest BCUT2D eigenvalue weighted by Crippen LogP contribution is 2.34. The fourth-order valence-electron chi connectivity index (χ4n) is 2.50. The fraction of sp³-hybridized carbons (Fsp3) is 0.316. The monoisotopic (exact) mass is 345 g/mol. The summed E-state index contributed by atoms with van der Waals surface area (Å²) in [7, 11) is 4.63. The smallest absolute Gasteiger partial charge is 0.255 e. The van der Waals surface area contributed by atoms with Crippen molar-refractivity contribution in [3.05, 3.63) is 47.0 Å². The van der Waals surface area contributed by atoms with Crippen molar-refractivity contribution in [1.29, 1.82) is 0 Å². The van der Waals surface area contributed by atoms with E-state index in [-0.39, 0.29) is 23.8 Å². The Morgan fingerprint density at radius 2 is 1.68 bits per heavy atom. The van der Waals surface area contributed by atoms with Gasteiger partial charge in [-0.1, -0.05) is 13.0 Å². The minimum Gasteiger partial charge on any atom is -0.507 e. The summed E-state index contributed by atoms with van der Waals surface area (Å²) in [5, 5.41) is 12.7. The summed E-state index contributed by atoms with van der Waals surface area (Å²) in [5.74, 6) is 1.26. The van der Waals surface area contributed by atoms with Gasteiger partial charge in [0, 0.05) is 12.1 Å². The number of phenolic OH excluding ortho intramolecular Hbond substituents is 1. The first-order valence-corrected chi connectivity index (χ1v) is 7.93. The summed E-state index contributed by atoms with van der Waals surface area (Å²) in [6.07, 6.45) is 0.778. The summed E-state index contributed by atoms with van der Waals surface area (Å²) in [6.45, 7) is 2.17. The Bertz CT molecular complexity index is 732. The van der Waals surface area contributed by atoms with E-state index in [0.717, 1.165) is 12.0 Å². The third-order valence-corrected chi connectivity index (χ3v) is 3.96. The average Bonchev–Trinajstić information content (AvgIpc) is 2.65. The number of phenols is 1. The molecule has 0 saturated heterocycles. The first kappa shape index (κ1) is 18.4. The molecule has 0 atom stereocenters. The normalized spacial score (nSPS) is 10.2. The zero-order valence-electron chi connectivity index (χ0n) is 14.9. The average molecular weight is 345 g/mol. The third-order valence-electron chi connectivity index (χ3n) is 3.96. The number of rotatable bonds is 7. The second-order valence-electron chi connectivity index (χ2n) is 5.40. The quantitative estimate of drug-likeness (QED) is 0.807. The maximum absolute atomic E-state index is 12.5. The van der Waals surface area contributed by atoms with Gasteiger partial charge in [0.1, 0.15) is 23.0 Å². The predicted molar refractivity (Wildman–Crippen MR) is 94.8 cm³/mol. The van der Waals surface area contributed by atoms with Crippen molar-refractivity contribution in [2.75, 3.05) is 21.3 Å². The maximum atomic E-state index is 12.5. The molecular weight excluding hydrogens is 322 g/mol. The van der Waals surface area contributed by atoms with Crippen LogP contribution in [0.4, 0.5) is 0 Å². The molecule has 1 amide bonds. The van der Waals surface area contributed by atoms with Gasteiger partial charge in [-0.15, -0.1) is 0 Å². The number of methoxy groups -OCH3 is 3. The van der Waals surface area contributed by atoms with Crippen LogP contribution < -0.4 is 19.5 Å². The van der Waals surface area contributed by atoms with Crippen molar-refractivity contribution in [2.45, 2.75) is 19.9 Å². The van der Waals surface area contributed by atoms with E-state index in [1.165, 1.54) is 20.3 Å². The Balaban J connectivity index is 2.25. The highest BCUT2D eigenvalue weighted by atomic mass is 16.5. The number of carbonyl (C=O) groups is 1.